The maximum atomic E-state index is 11.6. The molecule has 0 aliphatic rings. The molecule has 0 aliphatic carbocycles. The minimum absolute atomic E-state index is 0.0203. The molecule has 0 atom stereocenters. The van der Waals surface area contributed by atoms with Crippen molar-refractivity contribution in [3.8, 4) is 11.8 Å². The van der Waals surface area contributed by atoms with Gasteiger partial charge >= 0.3 is 0 Å². The fourth-order valence-corrected chi connectivity index (χ4v) is 1.36. The summed E-state index contributed by atoms with van der Waals surface area (Å²) in [6.07, 6.45) is 0.236. The molecule has 0 saturated heterocycles. The number of carbonyl (C=O) groups excluding carboxylic acids is 1. The van der Waals surface area contributed by atoms with Crippen LogP contribution in [-0.2, 0) is 0 Å². The van der Waals surface area contributed by atoms with Gasteiger partial charge in [-0.3, -0.25) is 4.79 Å². The van der Waals surface area contributed by atoms with Crippen LogP contribution in [0.15, 0.2) is 18.2 Å². The highest BCUT2D eigenvalue weighted by molar-refractivity contribution is 6.34. The first-order valence-corrected chi connectivity index (χ1v) is 4.72. The Bertz CT molecular complexity index is 410. The summed E-state index contributed by atoms with van der Waals surface area (Å²) >= 11 is 6.00. The van der Waals surface area contributed by atoms with Gasteiger partial charge in [0.1, 0.15) is 0 Å². The first-order chi connectivity index (χ1) is 6.66. The van der Waals surface area contributed by atoms with Crippen LogP contribution < -0.4 is 0 Å². The molecule has 0 unspecified atom stereocenters. The first kappa shape index (κ1) is 10.8. The van der Waals surface area contributed by atoms with E-state index in [1.54, 1.807) is 13.0 Å². The van der Waals surface area contributed by atoms with Crippen LogP contribution in [0.25, 0.3) is 0 Å². The topological polar surface area (TPSA) is 17.1 Å². The molecule has 0 radical (unpaired) electrons. The van der Waals surface area contributed by atoms with Gasteiger partial charge in [0.2, 0.25) is 0 Å². The van der Waals surface area contributed by atoms with Crippen LogP contribution >= 0.6 is 11.6 Å². The first-order valence-electron chi connectivity index (χ1n) is 4.34. The van der Waals surface area contributed by atoms with Crippen molar-refractivity contribution in [3.05, 3.63) is 34.3 Å². The average Bonchev–Trinajstić information content (AvgIpc) is 2.18. The molecule has 0 fully saturated rings. The normalized spacial score (nSPS) is 9.07. The molecular formula is C12H11ClO. The summed E-state index contributed by atoms with van der Waals surface area (Å²) in [5, 5.41) is 0.537. The molecule has 0 aliphatic heterocycles. The second kappa shape index (κ2) is 4.83. The van der Waals surface area contributed by atoms with E-state index in [4.69, 9.17) is 11.6 Å². The van der Waals surface area contributed by atoms with Crippen LogP contribution in [0.4, 0.5) is 0 Å². The molecule has 0 heterocycles. The smallest absolute Gasteiger partial charge is 0.176 e. The van der Waals surface area contributed by atoms with Gasteiger partial charge in [0.25, 0.3) is 0 Å². The molecule has 0 aromatic heterocycles. The van der Waals surface area contributed by atoms with Gasteiger partial charge in [-0.1, -0.05) is 29.7 Å². The third-order valence-electron chi connectivity index (χ3n) is 1.92. The highest BCUT2D eigenvalue weighted by Crippen LogP contribution is 2.21. The van der Waals surface area contributed by atoms with Crippen molar-refractivity contribution >= 4 is 17.4 Å². The third kappa shape index (κ3) is 2.37. The van der Waals surface area contributed by atoms with Crippen molar-refractivity contribution in [2.24, 2.45) is 0 Å². The highest BCUT2D eigenvalue weighted by atomic mass is 35.5. The minimum Gasteiger partial charge on any atom is -0.293 e. The number of rotatable bonds is 2. The Morgan fingerprint density at radius 1 is 1.50 bits per heavy atom. The molecule has 1 nitrogen and oxygen atoms in total. The molecule has 1 aromatic rings. The van der Waals surface area contributed by atoms with E-state index in [9.17, 15) is 4.79 Å². The van der Waals surface area contributed by atoms with E-state index in [0.717, 1.165) is 5.56 Å². The van der Waals surface area contributed by atoms with E-state index in [0.29, 0.717) is 10.6 Å². The molecule has 0 bridgehead atoms. The van der Waals surface area contributed by atoms with Crippen molar-refractivity contribution in [1.82, 2.24) is 0 Å². The maximum absolute atomic E-state index is 11.6. The van der Waals surface area contributed by atoms with Crippen LogP contribution in [0.1, 0.15) is 29.3 Å². The Balaban J connectivity index is 2.99. The van der Waals surface area contributed by atoms with Crippen LogP contribution in [0.2, 0.25) is 5.02 Å². The summed E-state index contributed by atoms with van der Waals surface area (Å²) in [5.74, 6) is 5.40. The summed E-state index contributed by atoms with van der Waals surface area (Å²) in [6, 6.07) is 5.44. The lowest BCUT2D eigenvalue weighted by Gasteiger charge is -2.03. The van der Waals surface area contributed by atoms with Gasteiger partial charge in [-0.25, -0.2) is 0 Å². The third-order valence-corrected chi connectivity index (χ3v) is 2.42. The van der Waals surface area contributed by atoms with Gasteiger partial charge in [-0.2, -0.15) is 0 Å². The quantitative estimate of drug-likeness (QED) is 0.536. The number of hydrogen-bond donors (Lipinski definition) is 0. The van der Waals surface area contributed by atoms with Crippen molar-refractivity contribution < 1.29 is 4.79 Å². The van der Waals surface area contributed by atoms with E-state index in [1.807, 2.05) is 19.1 Å². The van der Waals surface area contributed by atoms with Crippen LogP contribution in [0.3, 0.4) is 0 Å². The second-order valence-corrected chi connectivity index (χ2v) is 3.34. The second-order valence-electron chi connectivity index (χ2n) is 2.96. The number of hydrogen-bond acceptors (Lipinski definition) is 1. The average molecular weight is 207 g/mol. The monoisotopic (exact) mass is 206 g/mol. The molecule has 14 heavy (non-hydrogen) atoms. The fourth-order valence-electron chi connectivity index (χ4n) is 1.13. The number of carbonyl (C=O) groups is 1. The predicted molar refractivity (Wildman–Crippen MR) is 58.6 cm³/mol. The molecule has 0 amide bonds. The maximum Gasteiger partial charge on any atom is 0.176 e. The SMILES string of the molecule is CC#CCC(=O)c1cccc(C)c1Cl. The Morgan fingerprint density at radius 2 is 2.21 bits per heavy atom. The summed E-state index contributed by atoms with van der Waals surface area (Å²) < 4.78 is 0. The standard InChI is InChI=1S/C12H11ClO/c1-3-4-8-11(14)10-7-5-6-9(2)12(10)13/h5-7H,8H2,1-2H3. The molecular weight excluding hydrogens is 196 g/mol. The van der Waals surface area contributed by atoms with Gasteiger partial charge in [0.15, 0.2) is 5.78 Å². The fraction of sp³-hybridized carbons (Fsp3) is 0.250. The Labute approximate surface area is 89.1 Å². The number of benzene rings is 1. The van der Waals surface area contributed by atoms with E-state index in [-0.39, 0.29) is 12.2 Å². The molecule has 1 aromatic carbocycles. The molecule has 1 rings (SSSR count). The van der Waals surface area contributed by atoms with Crippen molar-refractivity contribution in [1.29, 1.82) is 0 Å². The van der Waals surface area contributed by atoms with Gasteiger partial charge in [0, 0.05) is 5.56 Å². The molecule has 2 heteroatoms. The number of Topliss-reactive ketones (excluding diaryl/α,β-unsaturated/α-hetero) is 1. The lowest BCUT2D eigenvalue weighted by Crippen LogP contribution is -1.99. The van der Waals surface area contributed by atoms with Gasteiger partial charge < -0.3 is 0 Å². The number of halogens is 1. The van der Waals surface area contributed by atoms with Crippen LogP contribution in [0, 0.1) is 18.8 Å². The summed E-state index contributed by atoms with van der Waals surface area (Å²) in [4.78, 5) is 11.6. The summed E-state index contributed by atoms with van der Waals surface area (Å²) in [7, 11) is 0. The zero-order valence-electron chi connectivity index (χ0n) is 8.23. The number of ketones is 1. The van der Waals surface area contributed by atoms with E-state index in [1.165, 1.54) is 0 Å². The van der Waals surface area contributed by atoms with Crippen LogP contribution in [-0.4, -0.2) is 5.78 Å². The molecule has 0 saturated carbocycles. The Morgan fingerprint density at radius 3 is 2.86 bits per heavy atom. The lowest BCUT2D eigenvalue weighted by molar-refractivity contribution is 0.0998. The lowest BCUT2D eigenvalue weighted by atomic mass is 10.1. The van der Waals surface area contributed by atoms with Gasteiger partial charge in [0.05, 0.1) is 11.4 Å². The van der Waals surface area contributed by atoms with Crippen molar-refractivity contribution in [3.63, 3.8) is 0 Å². The van der Waals surface area contributed by atoms with E-state index in [2.05, 4.69) is 11.8 Å². The van der Waals surface area contributed by atoms with E-state index < -0.39 is 0 Å². The highest BCUT2D eigenvalue weighted by Gasteiger charge is 2.09. The Hall–Kier alpha value is -1.26. The molecule has 0 spiro atoms. The van der Waals surface area contributed by atoms with Gasteiger partial charge in [-0.05, 0) is 25.5 Å². The van der Waals surface area contributed by atoms with Crippen molar-refractivity contribution in [2.45, 2.75) is 20.3 Å². The van der Waals surface area contributed by atoms with Gasteiger partial charge in [-0.15, -0.1) is 5.92 Å². The Kier molecular flexibility index (Phi) is 3.73. The summed E-state index contributed by atoms with van der Waals surface area (Å²) in [5.41, 5.74) is 1.48. The van der Waals surface area contributed by atoms with E-state index >= 15 is 0 Å². The minimum atomic E-state index is -0.0203. The number of aryl methyl sites for hydroxylation is 1. The molecule has 0 N–H and O–H groups in total. The predicted octanol–water partition coefficient (Wildman–Crippen LogP) is 3.24. The van der Waals surface area contributed by atoms with Crippen molar-refractivity contribution in [2.75, 3.05) is 0 Å². The zero-order chi connectivity index (χ0) is 10.6. The largest absolute Gasteiger partial charge is 0.293 e. The summed E-state index contributed by atoms with van der Waals surface area (Å²) in [6.45, 7) is 3.59. The van der Waals surface area contributed by atoms with Crippen LogP contribution in [0.5, 0.6) is 0 Å². The molecule has 72 valence electrons. The zero-order valence-corrected chi connectivity index (χ0v) is 8.98.